The number of amides is 1. The smallest absolute Gasteiger partial charge is 0.325 e. The molecule has 2 aromatic carbocycles. The molecule has 0 spiro atoms. The van der Waals surface area contributed by atoms with Gasteiger partial charge in [0.2, 0.25) is 5.91 Å². The Morgan fingerprint density at radius 2 is 1.94 bits per heavy atom. The number of halogens is 4. The normalized spacial score (nSPS) is 21.4. The number of nitrogens with one attached hydrogen (secondary N) is 1. The SMILES string of the molecule is Cc1ccc(C)c(NC(=O)CSC2=NC3CS(=O)(=O)CC3N2c2cc(C(F)(F)F)ccc2Cl)c1. The molecule has 4 rings (SSSR count). The van der Waals surface area contributed by atoms with Crippen LogP contribution in [0.4, 0.5) is 24.5 Å². The third-order valence-corrected chi connectivity index (χ3v) is 8.63. The molecule has 1 fully saturated rings. The molecule has 2 aliphatic heterocycles. The topological polar surface area (TPSA) is 78.8 Å². The van der Waals surface area contributed by atoms with E-state index in [0.717, 1.165) is 41.1 Å². The Hall–Kier alpha value is -2.24. The average molecular weight is 532 g/mol. The molecule has 2 heterocycles. The first-order valence-corrected chi connectivity index (χ1v) is 13.5. The fourth-order valence-electron chi connectivity index (χ4n) is 3.98. The number of thioether (sulfide) groups is 1. The van der Waals surface area contributed by atoms with Gasteiger partial charge in [-0.2, -0.15) is 13.2 Å². The molecular weight excluding hydrogens is 511 g/mol. The predicted octanol–water partition coefficient (Wildman–Crippen LogP) is 4.69. The van der Waals surface area contributed by atoms with Crippen molar-refractivity contribution in [2.75, 3.05) is 27.5 Å². The summed E-state index contributed by atoms with van der Waals surface area (Å²) >= 11 is 7.29. The van der Waals surface area contributed by atoms with Gasteiger partial charge < -0.3 is 10.2 Å². The molecule has 2 unspecified atom stereocenters. The highest BCUT2D eigenvalue weighted by atomic mass is 35.5. The zero-order valence-electron chi connectivity index (χ0n) is 18.2. The lowest BCUT2D eigenvalue weighted by Crippen LogP contribution is -2.39. The van der Waals surface area contributed by atoms with Crippen molar-refractivity contribution in [2.45, 2.75) is 32.1 Å². The summed E-state index contributed by atoms with van der Waals surface area (Å²) in [5.74, 6) is -0.845. The molecule has 1 amide bonds. The van der Waals surface area contributed by atoms with Crippen molar-refractivity contribution in [3.05, 3.63) is 58.1 Å². The van der Waals surface area contributed by atoms with Crippen molar-refractivity contribution in [1.29, 1.82) is 0 Å². The highest BCUT2D eigenvalue weighted by molar-refractivity contribution is 8.14. The molecule has 34 heavy (non-hydrogen) atoms. The van der Waals surface area contributed by atoms with Crippen molar-refractivity contribution >= 4 is 55.6 Å². The van der Waals surface area contributed by atoms with E-state index < -0.39 is 33.7 Å². The van der Waals surface area contributed by atoms with Gasteiger partial charge in [0.15, 0.2) is 15.0 Å². The minimum absolute atomic E-state index is 0.0160. The number of amidine groups is 1. The second kappa shape index (κ2) is 9.09. The summed E-state index contributed by atoms with van der Waals surface area (Å²) in [5, 5.41) is 3.13. The Morgan fingerprint density at radius 3 is 2.65 bits per heavy atom. The van der Waals surface area contributed by atoms with Crippen LogP contribution in [0.2, 0.25) is 5.02 Å². The van der Waals surface area contributed by atoms with Crippen molar-refractivity contribution in [1.82, 2.24) is 0 Å². The van der Waals surface area contributed by atoms with Gasteiger partial charge in [-0.25, -0.2) is 8.42 Å². The highest BCUT2D eigenvalue weighted by Crippen LogP contribution is 2.41. The number of anilines is 2. The molecule has 2 aliphatic rings. The van der Waals surface area contributed by atoms with Gasteiger partial charge in [0.25, 0.3) is 0 Å². The van der Waals surface area contributed by atoms with Gasteiger partial charge in [0.1, 0.15) is 0 Å². The number of aryl methyl sites for hydroxylation is 2. The van der Waals surface area contributed by atoms with E-state index in [4.69, 9.17) is 11.6 Å². The first-order valence-electron chi connectivity index (χ1n) is 10.3. The number of carbonyl (C=O) groups excluding carboxylic acids is 1. The lowest BCUT2D eigenvalue weighted by molar-refractivity contribution is -0.137. The fraction of sp³-hybridized carbons (Fsp3) is 0.364. The van der Waals surface area contributed by atoms with E-state index in [0.29, 0.717) is 5.69 Å². The van der Waals surface area contributed by atoms with E-state index in [-0.39, 0.29) is 39.0 Å². The molecule has 1 N–H and O–H groups in total. The van der Waals surface area contributed by atoms with Crippen LogP contribution < -0.4 is 10.2 Å². The Bertz CT molecular complexity index is 1280. The monoisotopic (exact) mass is 531 g/mol. The molecule has 182 valence electrons. The van der Waals surface area contributed by atoms with E-state index in [1.165, 1.54) is 4.90 Å². The second-order valence-electron chi connectivity index (χ2n) is 8.31. The maximum Gasteiger partial charge on any atom is 0.416 e. The van der Waals surface area contributed by atoms with Crippen LogP contribution in [-0.2, 0) is 20.8 Å². The first kappa shape index (κ1) is 24.9. The number of sulfone groups is 1. The van der Waals surface area contributed by atoms with Crippen LogP contribution in [0.25, 0.3) is 0 Å². The van der Waals surface area contributed by atoms with Crippen LogP contribution in [0.5, 0.6) is 0 Å². The standard InChI is InChI=1S/C22H21ClF3N3O3S2/c1-12-3-4-13(2)16(7-12)27-20(30)9-33-21-28-17-10-34(31,32)11-19(17)29(21)18-8-14(22(24,25)26)5-6-15(18)23/h3-8,17,19H,9-11H2,1-2H3,(H,27,30). The minimum Gasteiger partial charge on any atom is -0.325 e. The predicted molar refractivity (Wildman–Crippen MR) is 130 cm³/mol. The molecule has 0 radical (unpaired) electrons. The Morgan fingerprint density at radius 1 is 1.21 bits per heavy atom. The molecule has 2 atom stereocenters. The number of benzene rings is 2. The summed E-state index contributed by atoms with van der Waals surface area (Å²) in [6.07, 6.45) is -4.60. The maximum atomic E-state index is 13.4. The van der Waals surface area contributed by atoms with Crippen molar-refractivity contribution < 1.29 is 26.4 Å². The summed E-state index contributed by atoms with van der Waals surface area (Å²) in [5.41, 5.74) is 1.64. The van der Waals surface area contributed by atoms with Crippen LogP contribution in [0.1, 0.15) is 16.7 Å². The summed E-state index contributed by atoms with van der Waals surface area (Å²) in [7, 11) is -3.40. The molecule has 1 saturated heterocycles. The lowest BCUT2D eigenvalue weighted by Gasteiger charge is -2.28. The van der Waals surface area contributed by atoms with Gasteiger partial charge in [-0.3, -0.25) is 9.79 Å². The minimum atomic E-state index is -4.60. The third-order valence-electron chi connectivity index (χ3n) is 5.64. The maximum absolute atomic E-state index is 13.4. The Balaban J connectivity index is 1.60. The van der Waals surface area contributed by atoms with E-state index in [9.17, 15) is 26.4 Å². The van der Waals surface area contributed by atoms with E-state index in [1.54, 1.807) is 0 Å². The molecule has 12 heteroatoms. The molecule has 0 saturated carbocycles. The van der Waals surface area contributed by atoms with Crippen LogP contribution in [0.3, 0.4) is 0 Å². The molecule has 2 aromatic rings. The van der Waals surface area contributed by atoms with Gasteiger partial charge in [0, 0.05) is 5.69 Å². The van der Waals surface area contributed by atoms with Crippen LogP contribution in [-0.4, -0.2) is 48.8 Å². The number of aliphatic imine (C=N–C) groups is 1. The van der Waals surface area contributed by atoms with E-state index in [2.05, 4.69) is 10.3 Å². The van der Waals surface area contributed by atoms with Crippen LogP contribution in [0.15, 0.2) is 41.4 Å². The highest BCUT2D eigenvalue weighted by Gasteiger charge is 2.48. The Labute approximate surface area is 204 Å². The number of hydrogen-bond acceptors (Lipinski definition) is 6. The number of alkyl halides is 3. The third kappa shape index (κ3) is 5.21. The van der Waals surface area contributed by atoms with E-state index in [1.807, 2.05) is 32.0 Å². The van der Waals surface area contributed by atoms with E-state index >= 15 is 0 Å². The number of carbonyl (C=O) groups is 1. The quantitative estimate of drug-likeness (QED) is 0.619. The van der Waals surface area contributed by atoms with Crippen LogP contribution in [0, 0.1) is 13.8 Å². The van der Waals surface area contributed by atoms with Crippen molar-refractivity contribution in [3.8, 4) is 0 Å². The number of hydrogen-bond donors (Lipinski definition) is 1. The lowest BCUT2D eigenvalue weighted by atomic mass is 10.1. The fourth-order valence-corrected chi connectivity index (χ4v) is 6.94. The number of nitrogens with zero attached hydrogens (tertiary/aromatic N) is 2. The zero-order chi connectivity index (χ0) is 24.8. The van der Waals surface area contributed by atoms with Gasteiger partial charge in [-0.15, -0.1) is 0 Å². The second-order valence-corrected chi connectivity index (χ2v) is 11.8. The summed E-state index contributed by atoms with van der Waals surface area (Å²) in [6.45, 7) is 3.77. The van der Waals surface area contributed by atoms with Gasteiger partial charge in [0.05, 0.1) is 45.6 Å². The summed E-state index contributed by atoms with van der Waals surface area (Å²) in [6, 6.07) is 7.22. The summed E-state index contributed by atoms with van der Waals surface area (Å²) < 4.78 is 64.4. The number of rotatable bonds is 4. The molecular formula is C22H21ClF3N3O3S2. The molecule has 6 nitrogen and oxygen atoms in total. The number of fused-ring (bicyclic) bond motifs is 1. The van der Waals surface area contributed by atoms with Crippen LogP contribution >= 0.6 is 23.4 Å². The zero-order valence-corrected chi connectivity index (χ0v) is 20.6. The first-order chi connectivity index (χ1) is 15.8. The van der Waals surface area contributed by atoms with Crippen molar-refractivity contribution in [2.24, 2.45) is 4.99 Å². The largest absolute Gasteiger partial charge is 0.416 e. The van der Waals surface area contributed by atoms with Gasteiger partial charge >= 0.3 is 6.18 Å². The molecule has 0 bridgehead atoms. The molecule has 0 aromatic heterocycles. The summed E-state index contributed by atoms with van der Waals surface area (Å²) in [4.78, 5) is 18.5. The van der Waals surface area contributed by atoms with Gasteiger partial charge in [-0.05, 0) is 49.2 Å². The van der Waals surface area contributed by atoms with Crippen molar-refractivity contribution in [3.63, 3.8) is 0 Å². The molecule has 0 aliphatic carbocycles. The van der Waals surface area contributed by atoms with Gasteiger partial charge in [-0.1, -0.05) is 35.5 Å². The average Bonchev–Trinajstić information content (AvgIpc) is 3.20. The Kier molecular flexibility index (Phi) is 6.65.